The third kappa shape index (κ3) is 4.77. The Morgan fingerprint density at radius 2 is 2.00 bits per heavy atom. The van der Waals surface area contributed by atoms with Crippen LogP contribution in [0.1, 0.15) is 48.5 Å². The first kappa shape index (κ1) is 21.1. The van der Waals surface area contributed by atoms with Crippen molar-refractivity contribution in [2.24, 2.45) is 5.92 Å². The maximum absolute atomic E-state index is 12.6. The average molecular weight is 421 g/mol. The summed E-state index contributed by atoms with van der Waals surface area (Å²) in [6.45, 7) is 7.79. The predicted molar refractivity (Wildman–Crippen MR) is 121 cm³/mol. The molecular formula is C24H27N3O4. The summed E-state index contributed by atoms with van der Waals surface area (Å²) in [6, 6.07) is 11.3. The summed E-state index contributed by atoms with van der Waals surface area (Å²) in [4.78, 5) is 25.6. The highest BCUT2D eigenvalue weighted by Gasteiger charge is 2.24. The van der Waals surface area contributed by atoms with Gasteiger partial charge in [-0.15, -0.1) is 0 Å². The molecule has 0 atom stereocenters. The number of fused-ring (bicyclic) bond motifs is 1. The van der Waals surface area contributed by atoms with Crippen molar-refractivity contribution in [3.05, 3.63) is 70.0 Å². The van der Waals surface area contributed by atoms with Gasteiger partial charge in [0.15, 0.2) is 0 Å². The lowest BCUT2D eigenvalue weighted by atomic mass is 9.89. The van der Waals surface area contributed by atoms with Gasteiger partial charge >= 0.3 is 0 Å². The number of amides is 1. The summed E-state index contributed by atoms with van der Waals surface area (Å²) in [5, 5.41) is 14.8. The van der Waals surface area contributed by atoms with Gasteiger partial charge in [0.1, 0.15) is 5.58 Å². The monoisotopic (exact) mass is 421 g/mol. The second kappa shape index (κ2) is 8.89. The van der Waals surface area contributed by atoms with E-state index in [1.807, 2.05) is 18.4 Å². The van der Waals surface area contributed by atoms with Crippen molar-refractivity contribution in [3.63, 3.8) is 0 Å². The normalized spacial score (nSPS) is 15.5. The highest BCUT2D eigenvalue weighted by Crippen LogP contribution is 2.35. The van der Waals surface area contributed by atoms with Gasteiger partial charge in [-0.2, -0.15) is 0 Å². The number of piperidine rings is 1. The van der Waals surface area contributed by atoms with Crippen LogP contribution in [0.2, 0.25) is 0 Å². The van der Waals surface area contributed by atoms with Crippen LogP contribution in [0, 0.1) is 16.0 Å². The molecule has 4 rings (SSSR count). The summed E-state index contributed by atoms with van der Waals surface area (Å²) in [7, 11) is 0. The summed E-state index contributed by atoms with van der Waals surface area (Å²) in [5.74, 6) is 0.728. The molecule has 1 amide bonds. The van der Waals surface area contributed by atoms with Crippen LogP contribution in [0.3, 0.4) is 0 Å². The average Bonchev–Trinajstić information content (AvgIpc) is 3.17. The minimum absolute atomic E-state index is 0.107. The quantitative estimate of drug-likeness (QED) is 0.423. The van der Waals surface area contributed by atoms with Gasteiger partial charge in [-0.25, -0.2) is 0 Å². The molecule has 1 N–H and O–H groups in total. The fourth-order valence-electron chi connectivity index (χ4n) is 4.35. The number of nitro benzene ring substituents is 1. The second-order valence-electron chi connectivity index (χ2n) is 8.63. The number of carbonyl (C=O) groups is 1. The summed E-state index contributed by atoms with van der Waals surface area (Å²) in [6.07, 6.45) is 4.02. The van der Waals surface area contributed by atoms with Gasteiger partial charge in [0.2, 0.25) is 0 Å². The third-order valence-electron chi connectivity index (χ3n) is 5.83. The molecule has 1 aliphatic heterocycles. The molecule has 3 aromatic rings. The van der Waals surface area contributed by atoms with E-state index in [0.717, 1.165) is 43.4 Å². The van der Waals surface area contributed by atoms with Gasteiger partial charge < -0.3 is 14.6 Å². The zero-order valence-electron chi connectivity index (χ0n) is 17.8. The van der Waals surface area contributed by atoms with Crippen molar-refractivity contribution in [1.82, 2.24) is 4.90 Å². The van der Waals surface area contributed by atoms with E-state index in [1.54, 1.807) is 12.1 Å². The van der Waals surface area contributed by atoms with E-state index in [1.165, 1.54) is 23.8 Å². The Balaban J connectivity index is 1.50. The van der Waals surface area contributed by atoms with Gasteiger partial charge in [-0.05, 0) is 62.0 Å². The number of carbonyl (C=O) groups excluding carboxylic acids is 1. The third-order valence-corrected chi connectivity index (χ3v) is 5.83. The molecule has 0 aliphatic carbocycles. The topological polar surface area (TPSA) is 88.6 Å². The minimum Gasteiger partial charge on any atom is -0.464 e. The highest BCUT2D eigenvalue weighted by molar-refractivity contribution is 6.05. The number of benzene rings is 2. The molecule has 0 bridgehead atoms. The molecule has 0 unspecified atom stereocenters. The summed E-state index contributed by atoms with van der Waals surface area (Å²) in [5.41, 5.74) is 2.77. The Bertz CT molecular complexity index is 1100. The van der Waals surface area contributed by atoms with Crippen molar-refractivity contribution in [2.45, 2.75) is 32.6 Å². The smallest absolute Gasteiger partial charge is 0.270 e. The van der Waals surface area contributed by atoms with E-state index in [2.05, 4.69) is 24.1 Å². The maximum Gasteiger partial charge on any atom is 0.270 e. The summed E-state index contributed by atoms with van der Waals surface area (Å²) < 4.78 is 5.78. The molecule has 0 radical (unpaired) electrons. The van der Waals surface area contributed by atoms with Crippen LogP contribution in [-0.2, 0) is 0 Å². The first-order valence-corrected chi connectivity index (χ1v) is 10.7. The number of hydrogen-bond donors (Lipinski definition) is 1. The first-order valence-electron chi connectivity index (χ1n) is 10.7. The van der Waals surface area contributed by atoms with E-state index in [-0.39, 0.29) is 17.2 Å². The van der Waals surface area contributed by atoms with Gasteiger partial charge in [0, 0.05) is 40.9 Å². The van der Waals surface area contributed by atoms with Gasteiger partial charge in [-0.1, -0.05) is 19.9 Å². The molecule has 2 aromatic carbocycles. The lowest BCUT2D eigenvalue weighted by Gasteiger charge is -2.32. The molecule has 0 spiro atoms. The van der Waals surface area contributed by atoms with Crippen molar-refractivity contribution >= 4 is 28.3 Å². The Morgan fingerprint density at radius 1 is 1.23 bits per heavy atom. The fourth-order valence-corrected chi connectivity index (χ4v) is 4.35. The lowest BCUT2D eigenvalue weighted by molar-refractivity contribution is -0.384. The number of likely N-dealkylation sites (tertiary alicyclic amines) is 1. The summed E-state index contributed by atoms with van der Waals surface area (Å²) >= 11 is 0. The molecule has 2 heterocycles. The van der Waals surface area contributed by atoms with Crippen LogP contribution in [0.25, 0.3) is 11.0 Å². The molecule has 0 saturated carbocycles. The van der Waals surface area contributed by atoms with Crippen LogP contribution in [0.4, 0.5) is 11.4 Å². The largest absolute Gasteiger partial charge is 0.464 e. The molecule has 1 aromatic heterocycles. The number of hydrogen-bond acceptors (Lipinski definition) is 5. The number of nitro groups is 1. The van der Waals surface area contributed by atoms with E-state index >= 15 is 0 Å². The molecular weight excluding hydrogens is 394 g/mol. The number of anilines is 1. The van der Waals surface area contributed by atoms with Crippen LogP contribution in [0.5, 0.6) is 0 Å². The first-order chi connectivity index (χ1) is 14.9. The number of nitrogens with one attached hydrogen (secondary N) is 1. The van der Waals surface area contributed by atoms with Gasteiger partial charge in [0.05, 0.1) is 11.2 Å². The highest BCUT2D eigenvalue weighted by atomic mass is 16.6. The molecule has 162 valence electrons. The number of nitrogens with zero attached hydrogens (tertiary/aromatic N) is 2. The molecule has 7 nitrogen and oxygen atoms in total. The molecule has 1 fully saturated rings. The second-order valence-corrected chi connectivity index (χ2v) is 8.63. The molecule has 31 heavy (non-hydrogen) atoms. The van der Waals surface area contributed by atoms with Gasteiger partial charge in [0.25, 0.3) is 11.6 Å². The van der Waals surface area contributed by atoms with Crippen LogP contribution >= 0.6 is 0 Å². The number of non-ortho nitro benzene ring substituents is 1. The Labute approximate surface area is 181 Å². The SMILES string of the molecule is CC(C)CN1CCC(c2coc3ccc(NC(=O)c4cccc([N+](=O)[O-])c4)cc23)CC1. The van der Waals surface area contributed by atoms with Crippen molar-refractivity contribution in [3.8, 4) is 0 Å². The zero-order chi connectivity index (χ0) is 22.0. The molecule has 7 heteroatoms. The number of rotatable bonds is 6. The van der Waals surface area contributed by atoms with Gasteiger partial charge in [-0.3, -0.25) is 14.9 Å². The fraction of sp³-hybridized carbons (Fsp3) is 0.375. The van der Waals surface area contributed by atoms with Crippen molar-refractivity contribution < 1.29 is 14.1 Å². The van der Waals surface area contributed by atoms with E-state index < -0.39 is 4.92 Å². The zero-order valence-corrected chi connectivity index (χ0v) is 17.8. The van der Waals surface area contributed by atoms with Crippen LogP contribution < -0.4 is 5.32 Å². The van der Waals surface area contributed by atoms with Crippen LogP contribution in [-0.4, -0.2) is 35.4 Å². The van der Waals surface area contributed by atoms with Crippen LogP contribution in [0.15, 0.2) is 53.1 Å². The molecule has 1 aliphatic rings. The Hall–Kier alpha value is -3.19. The Kier molecular flexibility index (Phi) is 6.04. The standard InChI is InChI=1S/C24H27N3O4/c1-16(2)14-26-10-8-17(9-11-26)22-15-31-23-7-6-19(13-21(22)23)25-24(28)18-4-3-5-20(12-18)27(29)30/h3-7,12-13,15-17H,8-11,14H2,1-2H3,(H,25,28). The van der Waals surface area contributed by atoms with E-state index in [4.69, 9.17) is 4.42 Å². The van der Waals surface area contributed by atoms with Crippen molar-refractivity contribution in [1.29, 1.82) is 0 Å². The maximum atomic E-state index is 12.6. The lowest BCUT2D eigenvalue weighted by Crippen LogP contribution is -2.35. The van der Waals surface area contributed by atoms with Crippen molar-refractivity contribution in [2.75, 3.05) is 25.0 Å². The minimum atomic E-state index is -0.507. The predicted octanol–water partition coefficient (Wildman–Crippen LogP) is 5.43. The molecule has 1 saturated heterocycles. The van der Waals surface area contributed by atoms with E-state index in [0.29, 0.717) is 17.5 Å². The number of furan rings is 1. The Morgan fingerprint density at radius 3 is 2.71 bits per heavy atom. The van der Waals surface area contributed by atoms with E-state index in [9.17, 15) is 14.9 Å².